The molecule has 3 rings (SSSR count). The second-order valence-electron chi connectivity index (χ2n) is 4.41. The van der Waals surface area contributed by atoms with Gasteiger partial charge in [0.1, 0.15) is 17.5 Å². The second kappa shape index (κ2) is 4.97. The van der Waals surface area contributed by atoms with E-state index in [1.54, 1.807) is 6.07 Å². The number of anilines is 1. The Balaban J connectivity index is 2.25. The van der Waals surface area contributed by atoms with Gasteiger partial charge in [-0.25, -0.2) is 13.2 Å². The van der Waals surface area contributed by atoms with Gasteiger partial charge in [0.05, 0.1) is 11.1 Å². The molecular formula is C15H9F3N2O. The lowest BCUT2D eigenvalue weighted by Crippen LogP contribution is -1.92. The first-order chi connectivity index (χ1) is 10.1. The van der Waals surface area contributed by atoms with Crippen molar-refractivity contribution in [2.75, 3.05) is 5.73 Å². The summed E-state index contributed by atoms with van der Waals surface area (Å²) in [6.45, 7) is 0. The van der Waals surface area contributed by atoms with Gasteiger partial charge in [0.25, 0.3) is 0 Å². The number of benzene rings is 2. The summed E-state index contributed by atoms with van der Waals surface area (Å²) in [7, 11) is 0. The summed E-state index contributed by atoms with van der Waals surface area (Å²) >= 11 is 0. The van der Waals surface area contributed by atoms with E-state index in [1.807, 2.05) is 0 Å². The smallest absolute Gasteiger partial charge is 0.179 e. The van der Waals surface area contributed by atoms with Crippen LogP contribution in [0.25, 0.3) is 22.5 Å². The van der Waals surface area contributed by atoms with Crippen molar-refractivity contribution < 1.29 is 17.7 Å². The first-order valence-corrected chi connectivity index (χ1v) is 6.03. The molecule has 3 nitrogen and oxygen atoms in total. The Morgan fingerprint density at radius 3 is 2.29 bits per heavy atom. The molecule has 6 heteroatoms. The molecule has 1 heterocycles. The van der Waals surface area contributed by atoms with Crippen LogP contribution in [0.3, 0.4) is 0 Å². The largest absolute Gasteiger partial charge is 0.380 e. The molecule has 0 aliphatic carbocycles. The molecule has 0 atom stereocenters. The maximum atomic E-state index is 13.9. The number of rotatable bonds is 2. The van der Waals surface area contributed by atoms with E-state index in [-0.39, 0.29) is 28.3 Å². The fourth-order valence-corrected chi connectivity index (χ4v) is 2.11. The Labute approximate surface area is 117 Å². The van der Waals surface area contributed by atoms with Gasteiger partial charge in [-0.3, -0.25) is 0 Å². The third-order valence-electron chi connectivity index (χ3n) is 2.99. The van der Waals surface area contributed by atoms with E-state index in [0.29, 0.717) is 0 Å². The highest BCUT2D eigenvalue weighted by Crippen LogP contribution is 2.37. The first-order valence-electron chi connectivity index (χ1n) is 6.03. The number of nitrogens with zero attached hydrogens (tertiary/aromatic N) is 1. The zero-order chi connectivity index (χ0) is 15.0. The number of nitrogens with two attached hydrogens (primary N) is 1. The minimum absolute atomic E-state index is 0.0237. The van der Waals surface area contributed by atoms with Crippen LogP contribution in [0.1, 0.15) is 0 Å². The summed E-state index contributed by atoms with van der Waals surface area (Å²) in [5.74, 6) is -2.14. The molecule has 3 aromatic rings. The van der Waals surface area contributed by atoms with Crippen LogP contribution in [0.15, 0.2) is 47.0 Å². The van der Waals surface area contributed by atoms with Gasteiger partial charge < -0.3 is 10.3 Å². The van der Waals surface area contributed by atoms with E-state index in [0.717, 1.165) is 18.2 Å². The van der Waals surface area contributed by atoms with Crippen molar-refractivity contribution >= 4 is 5.82 Å². The predicted molar refractivity (Wildman–Crippen MR) is 71.7 cm³/mol. The molecule has 2 aromatic carbocycles. The van der Waals surface area contributed by atoms with Gasteiger partial charge in [0, 0.05) is 6.07 Å². The first kappa shape index (κ1) is 13.2. The summed E-state index contributed by atoms with van der Waals surface area (Å²) < 4.78 is 45.6. The summed E-state index contributed by atoms with van der Waals surface area (Å²) in [5.41, 5.74) is 6.08. The SMILES string of the molecule is Nc1noc(-c2ccccc2F)c1-c1cc(F)cc(F)c1. The number of aromatic nitrogens is 1. The number of nitrogen functional groups attached to an aromatic ring is 1. The highest BCUT2D eigenvalue weighted by atomic mass is 19.1. The molecule has 0 amide bonds. The summed E-state index contributed by atoms with van der Waals surface area (Å²) in [6.07, 6.45) is 0. The minimum atomic E-state index is -0.773. The van der Waals surface area contributed by atoms with Crippen LogP contribution >= 0.6 is 0 Å². The zero-order valence-electron chi connectivity index (χ0n) is 10.6. The van der Waals surface area contributed by atoms with Gasteiger partial charge in [0.15, 0.2) is 11.6 Å². The van der Waals surface area contributed by atoms with Crippen LogP contribution in [0.4, 0.5) is 19.0 Å². The lowest BCUT2D eigenvalue weighted by Gasteiger charge is -2.04. The molecule has 0 radical (unpaired) electrons. The molecule has 21 heavy (non-hydrogen) atoms. The van der Waals surface area contributed by atoms with E-state index < -0.39 is 17.5 Å². The number of hydrogen-bond donors (Lipinski definition) is 1. The topological polar surface area (TPSA) is 52.0 Å². The normalized spacial score (nSPS) is 10.8. The average molecular weight is 290 g/mol. The Kier molecular flexibility index (Phi) is 3.13. The summed E-state index contributed by atoms with van der Waals surface area (Å²) in [5, 5.41) is 3.56. The quantitative estimate of drug-likeness (QED) is 0.776. The molecule has 0 bridgehead atoms. The van der Waals surface area contributed by atoms with Crippen molar-refractivity contribution in [3.05, 3.63) is 59.9 Å². The molecular weight excluding hydrogens is 281 g/mol. The molecule has 0 aliphatic heterocycles. The summed E-state index contributed by atoms with van der Waals surface area (Å²) in [6, 6.07) is 8.72. The van der Waals surface area contributed by atoms with E-state index >= 15 is 0 Å². The molecule has 0 unspecified atom stereocenters. The molecule has 2 N–H and O–H groups in total. The third kappa shape index (κ3) is 2.35. The van der Waals surface area contributed by atoms with Crippen molar-refractivity contribution in [2.45, 2.75) is 0 Å². The lowest BCUT2D eigenvalue weighted by atomic mass is 10.0. The molecule has 0 fully saturated rings. The fraction of sp³-hybridized carbons (Fsp3) is 0. The maximum absolute atomic E-state index is 13.9. The van der Waals surface area contributed by atoms with Gasteiger partial charge in [-0.05, 0) is 29.8 Å². The van der Waals surface area contributed by atoms with Crippen molar-refractivity contribution in [3.63, 3.8) is 0 Å². The van der Waals surface area contributed by atoms with Crippen LogP contribution in [0.2, 0.25) is 0 Å². The Hall–Kier alpha value is -2.76. The van der Waals surface area contributed by atoms with E-state index in [1.165, 1.54) is 18.2 Å². The fourth-order valence-electron chi connectivity index (χ4n) is 2.11. The highest BCUT2D eigenvalue weighted by molar-refractivity contribution is 5.86. The van der Waals surface area contributed by atoms with E-state index in [9.17, 15) is 13.2 Å². The van der Waals surface area contributed by atoms with Gasteiger partial charge in [-0.15, -0.1) is 0 Å². The van der Waals surface area contributed by atoms with Gasteiger partial charge in [-0.2, -0.15) is 0 Å². The van der Waals surface area contributed by atoms with Gasteiger partial charge >= 0.3 is 0 Å². The standard InChI is InChI=1S/C15H9F3N2O/c16-9-5-8(6-10(17)7-9)13-14(21-20-15(13)19)11-3-1-2-4-12(11)18/h1-7H,(H2,19,20). The summed E-state index contributed by atoms with van der Waals surface area (Å²) in [4.78, 5) is 0. The molecule has 0 aliphatic rings. The van der Waals surface area contributed by atoms with Crippen molar-refractivity contribution in [3.8, 4) is 22.5 Å². The average Bonchev–Trinajstić information content (AvgIpc) is 2.80. The van der Waals surface area contributed by atoms with Gasteiger partial charge in [-0.1, -0.05) is 17.3 Å². The lowest BCUT2D eigenvalue weighted by molar-refractivity contribution is 0.433. The number of halogens is 3. The Morgan fingerprint density at radius 1 is 0.952 bits per heavy atom. The Morgan fingerprint density at radius 2 is 1.62 bits per heavy atom. The van der Waals surface area contributed by atoms with Crippen molar-refractivity contribution in [1.29, 1.82) is 0 Å². The molecule has 0 saturated carbocycles. The maximum Gasteiger partial charge on any atom is 0.179 e. The van der Waals surface area contributed by atoms with Crippen LogP contribution in [0.5, 0.6) is 0 Å². The zero-order valence-corrected chi connectivity index (χ0v) is 10.6. The Bertz CT molecular complexity index is 794. The predicted octanol–water partition coefficient (Wildman–Crippen LogP) is 4.01. The van der Waals surface area contributed by atoms with Crippen LogP contribution < -0.4 is 5.73 Å². The van der Waals surface area contributed by atoms with E-state index in [4.69, 9.17) is 10.3 Å². The van der Waals surface area contributed by atoms with Crippen LogP contribution in [-0.4, -0.2) is 5.16 Å². The van der Waals surface area contributed by atoms with Gasteiger partial charge in [0.2, 0.25) is 0 Å². The molecule has 0 saturated heterocycles. The molecule has 1 aromatic heterocycles. The van der Waals surface area contributed by atoms with E-state index in [2.05, 4.69) is 5.16 Å². The highest BCUT2D eigenvalue weighted by Gasteiger charge is 2.21. The minimum Gasteiger partial charge on any atom is -0.380 e. The second-order valence-corrected chi connectivity index (χ2v) is 4.41. The third-order valence-corrected chi connectivity index (χ3v) is 2.99. The van der Waals surface area contributed by atoms with Crippen molar-refractivity contribution in [1.82, 2.24) is 5.16 Å². The molecule has 0 spiro atoms. The number of hydrogen-bond acceptors (Lipinski definition) is 3. The monoisotopic (exact) mass is 290 g/mol. The van der Waals surface area contributed by atoms with Crippen LogP contribution in [-0.2, 0) is 0 Å². The van der Waals surface area contributed by atoms with Crippen LogP contribution in [0, 0.1) is 17.5 Å². The van der Waals surface area contributed by atoms with Crippen molar-refractivity contribution in [2.24, 2.45) is 0 Å². The molecule has 106 valence electrons.